The van der Waals surface area contributed by atoms with Crippen molar-refractivity contribution in [3.8, 4) is 0 Å². The van der Waals surface area contributed by atoms with Crippen LogP contribution in [0.1, 0.15) is 25.3 Å². The molecule has 0 spiro atoms. The molecular formula is C11H14N2O. The molecule has 1 heterocycles. The first kappa shape index (κ1) is 9.06. The highest BCUT2D eigenvalue weighted by Gasteiger charge is 2.27. The third-order valence-corrected chi connectivity index (χ3v) is 2.71. The Morgan fingerprint density at radius 1 is 1.57 bits per heavy atom. The van der Waals surface area contributed by atoms with Gasteiger partial charge in [-0.1, -0.05) is 6.92 Å². The number of nitrogens with zero attached hydrogens (tertiary/aromatic N) is 1. The molecule has 1 aromatic rings. The Bertz CT molecular complexity index is 387. The van der Waals surface area contributed by atoms with Gasteiger partial charge in [-0.2, -0.15) is 0 Å². The second kappa shape index (κ2) is 3.01. The first-order valence-corrected chi connectivity index (χ1v) is 4.77. The molecule has 0 saturated carbocycles. The van der Waals surface area contributed by atoms with Crippen LogP contribution in [0.5, 0.6) is 0 Å². The van der Waals surface area contributed by atoms with E-state index in [2.05, 4.69) is 6.92 Å². The first-order chi connectivity index (χ1) is 6.59. The maximum absolute atomic E-state index is 11.3. The van der Waals surface area contributed by atoms with E-state index in [1.807, 2.05) is 18.2 Å². The lowest BCUT2D eigenvalue weighted by atomic mass is 10.0. The van der Waals surface area contributed by atoms with E-state index in [1.54, 1.807) is 11.8 Å². The Labute approximate surface area is 83.5 Å². The first-order valence-electron chi connectivity index (χ1n) is 4.77. The van der Waals surface area contributed by atoms with Gasteiger partial charge in [0.05, 0.1) is 0 Å². The van der Waals surface area contributed by atoms with Crippen LogP contribution in [0.2, 0.25) is 0 Å². The molecule has 1 amide bonds. The zero-order valence-electron chi connectivity index (χ0n) is 8.45. The summed E-state index contributed by atoms with van der Waals surface area (Å²) in [7, 11) is 0. The average molecular weight is 190 g/mol. The zero-order chi connectivity index (χ0) is 10.3. The van der Waals surface area contributed by atoms with E-state index in [-0.39, 0.29) is 5.91 Å². The molecule has 0 bridgehead atoms. The van der Waals surface area contributed by atoms with E-state index in [0.29, 0.717) is 5.92 Å². The minimum absolute atomic E-state index is 0.0976. The highest BCUT2D eigenvalue weighted by atomic mass is 16.2. The van der Waals surface area contributed by atoms with Crippen LogP contribution in [0.4, 0.5) is 11.4 Å². The summed E-state index contributed by atoms with van der Waals surface area (Å²) >= 11 is 0. The number of anilines is 2. The number of amides is 1. The number of carbonyl (C=O) groups excluding carboxylic acids is 1. The molecule has 0 radical (unpaired) electrons. The normalized spacial score (nSPS) is 19.6. The minimum atomic E-state index is 0.0976. The fourth-order valence-corrected chi connectivity index (χ4v) is 1.98. The Balaban J connectivity index is 2.49. The van der Waals surface area contributed by atoms with Crippen molar-refractivity contribution in [1.82, 2.24) is 0 Å². The molecular weight excluding hydrogens is 176 g/mol. The maximum atomic E-state index is 11.3. The Kier molecular flexibility index (Phi) is 1.95. The lowest BCUT2D eigenvalue weighted by Gasteiger charge is -2.14. The largest absolute Gasteiger partial charge is 0.399 e. The van der Waals surface area contributed by atoms with Crippen molar-refractivity contribution in [3.63, 3.8) is 0 Å². The van der Waals surface area contributed by atoms with Crippen molar-refractivity contribution < 1.29 is 4.79 Å². The summed E-state index contributed by atoms with van der Waals surface area (Å²) in [6.07, 6.45) is 0. The molecule has 74 valence electrons. The predicted molar refractivity (Wildman–Crippen MR) is 57.3 cm³/mol. The SMILES string of the molecule is CC(=O)N1CC(C)c2cc(N)ccc21. The number of hydrogen-bond donors (Lipinski definition) is 1. The number of rotatable bonds is 0. The van der Waals surface area contributed by atoms with Crippen molar-refractivity contribution in [2.45, 2.75) is 19.8 Å². The third-order valence-electron chi connectivity index (χ3n) is 2.71. The molecule has 0 aromatic heterocycles. The summed E-state index contributed by atoms with van der Waals surface area (Å²) in [6.45, 7) is 4.48. The van der Waals surface area contributed by atoms with Crippen molar-refractivity contribution in [3.05, 3.63) is 23.8 Å². The molecule has 2 N–H and O–H groups in total. The topological polar surface area (TPSA) is 46.3 Å². The Hall–Kier alpha value is -1.51. The number of nitrogen functional groups attached to an aromatic ring is 1. The van der Waals surface area contributed by atoms with Gasteiger partial charge in [0.25, 0.3) is 0 Å². The molecule has 0 saturated heterocycles. The summed E-state index contributed by atoms with van der Waals surface area (Å²) < 4.78 is 0. The van der Waals surface area contributed by atoms with Crippen LogP contribution < -0.4 is 10.6 Å². The second-order valence-electron chi connectivity index (χ2n) is 3.85. The molecule has 1 atom stereocenters. The molecule has 14 heavy (non-hydrogen) atoms. The summed E-state index contributed by atoms with van der Waals surface area (Å²) in [6, 6.07) is 5.73. The van der Waals surface area contributed by atoms with Crippen molar-refractivity contribution in [1.29, 1.82) is 0 Å². The molecule has 2 rings (SSSR count). The van der Waals surface area contributed by atoms with E-state index >= 15 is 0 Å². The van der Waals surface area contributed by atoms with Crippen LogP contribution in [0.25, 0.3) is 0 Å². The van der Waals surface area contributed by atoms with Gasteiger partial charge in [-0.05, 0) is 23.8 Å². The lowest BCUT2D eigenvalue weighted by Crippen LogP contribution is -2.26. The van der Waals surface area contributed by atoms with E-state index in [4.69, 9.17) is 5.73 Å². The fourth-order valence-electron chi connectivity index (χ4n) is 1.98. The van der Waals surface area contributed by atoms with Crippen LogP contribution >= 0.6 is 0 Å². The second-order valence-corrected chi connectivity index (χ2v) is 3.85. The number of fused-ring (bicyclic) bond motifs is 1. The summed E-state index contributed by atoms with van der Waals surface area (Å²) in [5, 5.41) is 0. The number of benzene rings is 1. The van der Waals surface area contributed by atoms with Gasteiger partial charge in [-0.15, -0.1) is 0 Å². The van der Waals surface area contributed by atoms with E-state index < -0.39 is 0 Å². The van der Waals surface area contributed by atoms with Gasteiger partial charge >= 0.3 is 0 Å². The summed E-state index contributed by atoms with van der Waals surface area (Å²) in [5.41, 5.74) is 8.67. The fraction of sp³-hybridized carbons (Fsp3) is 0.364. The smallest absolute Gasteiger partial charge is 0.223 e. The van der Waals surface area contributed by atoms with Gasteiger partial charge in [0.15, 0.2) is 0 Å². The molecule has 3 heteroatoms. The summed E-state index contributed by atoms with van der Waals surface area (Å²) in [5.74, 6) is 0.484. The highest BCUT2D eigenvalue weighted by molar-refractivity contribution is 5.94. The lowest BCUT2D eigenvalue weighted by molar-refractivity contribution is -0.116. The van der Waals surface area contributed by atoms with Crippen molar-refractivity contribution >= 4 is 17.3 Å². The number of nitrogens with two attached hydrogens (primary N) is 1. The van der Waals surface area contributed by atoms with Crippen LogP contribution in [-0.2, 0) is 4.79 Å². The van der Waals surface area contributed by atoms with Gasteiger partial charge in [0.1, 0.15) is 0 Å². The average Bonchev–Trinajstić information content (AvgIpc) is 2.44. The quantitative estimate of drug-likeness (QED) is 0.633. The number of carbonyl (C=O) groups is 1. The molecule has 3 nitrogen and oxygen atoms in total. The van der Waals surface area contributed by atoms with Gasteiger partial charge in [0.2, 0.25) is 5.91 Å². The van der Waals surface area contributed by atoms with Crippen molar-refractivity contribution in [2.75, 3.05) is 17.2 Å². The van der Waals surface area contributed by atoms with E-state index in [0.717, 1.165) is 17.9 Å². The molecule has 0 fully saturated rings. The molecule has 1 aromatic carbocycles. The molecule has 1 unspecified atom stereocenters. The minimum Gasteiger partial charge on any atom is -0.399 e. The van der Waals surface area contributed by atoms with Crippen LogP contribution in [0.15, 0.2) is 18.2 Å². The number of hydrogen-bond acceptors (Lipinski definition) is 2. The van der Waals surface area contributed by atoms with E-state index in [1.165, 1.54) is 5.56 Å². The highest BCUT2D eigenvalue weighted by Crippen LogP contribution is 2.36. The van der Waals surface area contributed by atoms with Gasteiger partial charge in [-0.25, -0.2) is 0 Å². The predicted octanol–water partition coefficient (Wildman–Crippen LogP) is 1.74. The Morgan fingerprint density at radius 3 is 2.93 bits per heavy atom. The zero-order valence-corrected chi connectivity index (χ0v) is 8.45. The third kappa shape index (κ3) is 1.25. The van der Waals surface area contributed by atoms with E-state index in [9.17, 15) is 4.79 Å². The Morgan fingerprint density at radius 2 is 2.29 bits per heavy atom. The van der Waals surface area contributed by atoms with Crippen LogP contribution in [-0.4, -0.2) is 12.5 Å². The standard InChI is InChI=1S/C11H14N2O/c1-7-6-13(8(2)14)11-4-3-9(12)5-10(7)11/h3-5,7H,6,12H2,1-2H3. The van der Waals surface area contributed by atoms with Gasteiger partial charge in [0, 0.05) is 30.8 Å². The molecule has 1 aliphatic heterocycles. The monoisotopic (exact) mass is 190 g/mol. The summed E-state index contributed by atoms with van der Waals surface area (Å²) in [4.78, 5) is 13.1. The van der Waals surface area contributed by atoms with Crippen LogP contribution in [0, 0.1) is 0 Å². The molecule has 0 aliphatic carbocycles. The maximum Gasteiger partial charge on any atom is 0.223 e. The van der Waals surface area contributed by atoms with Crippen LogP contribution in [0.3, 0.4) is 0 Å². The van der Waals surface area contributed by atoms with Gasteiger partial charge < -0.3 is 10.6 Å². The van der Waals surface area contributed by atoms with Crippen molar-refractivity contribution in [2.24, 2.45) is 0 Å². The molecule has 1 aliphatic rings. The van der Waals surface area contributed by atoms with Gasteiger partial charge in [-0.3, -0.25) is 4.79 Å².